The van der Waals surface area contributed by atoms with E-state index in [-0.39, 0.29) is 12.6 Å². The Morgan fingerprint density at radius 3 is 2.86 bits per heavy atom. The lowest BCUT2D eigenvalue weighted by Crippen LogP contribution is -2.31. The van der Waals surface area contributed by atoms with Crippen LogP contribution >= 0.6 is 0 Å². The van der Waals surface area contributed by atoms with Crippen LogP contribution in [0.1, 0.15) is 29.6 Å². The van der Waals surface area contributed by atoms with Crippen LogP contribution in [0.5, 0.6) is 0 Å². The zero-order valence-electron chi connectivity index (χ0n) is 11.2. The molecule has 1 aromatic rings. The maximum atomic E-state index is 13.8. The zero-order chi connectivity index (χ0) is 15.4. The van der Waals surface area contributed by atoms with Crippen molar-refractivity contribution in [2.24, 2.45) is 0 Å². The number of hydrogen-bond acceptors (Lipinski definition) is 4. The first kappa shape index (κ1) is 15.3. The van der Waals surface area contributed by atoms with E-state index in [2.05, 4.69) is 10.6 Å². The molecule has 1 fully saturated rings. The van der Waals surface area contributed by atoms with Crippen LogP contribution in [0.25, 0.3) is 0 Å². The van der Waals surface area contributed by atoms with Crippen molar-refractivity contribution in [1.82, 2.24) is 10.6 Å². The molecular weight excluding hydrogens is 284 g/mol. The summed E-state index contributed by atoms with van der Waals surface area (Å²) in [5.41, 5.74) is -1.83. The number of rotatable bonds is 5. The summed E-state index contributed by atoms with van der Waals surface area (Å²) in [6.45, 7) is 1.17. The van der Waals surface area contributed by atoms with Gasteiger partial charge in [0, 0.05) is 18.7 Å². The van der Waals surface area contributed by atoms with Crippen molar-refractivity contribution in [2.75, 3.05) is 13.1 Å². The number of benzene rings is 1. The first-order valence-electron chi connectivity index (χ1n) is 6.64. The Morgan fingerprint density at radius 2 is 2.24 bits per heavy atom. The molecule has 0 unspecified atom stereocenters. The maximum Gasteiger partial charge on any atom is 0.305 e. The molecule has 0 bridgehead atoms. The van der Waals surface area contributed by atoms with E-state index in [1.165, 1.54) is 0 Å². The smallest absolute Gasteiger partial charge is 0.305 e. The van der Waals surface area contributed by atoms with E-state index in [0.717, 1.165) is 19.4 Å². The molecule has 1 aromatic carbocycles. The molecule has 1 heterocycles. The number of nitrogens with one attached hydrogen (secondary N) is 2. The van der Waals surface area contributed by atoms with Gasteiger partial charge in [0.15, 0.2) is 0 Å². The second kappa shape index (κ2) is 6.57. The minimum absolute atomic E-state index is 0.248. The first-order chi connectivity index (χ1) is 10.0. The molecule has 1 saturated heterocycles. The summed E-state index contributed by atoms with van der Waals surface area (Å²) < 4.78 is 27.3. The van der Waals surface area contributed by atoms with E-state index in [1.807, 2.05) is 0 Å². The lowest BCUT2D eigenvalue weighted by atomic mass is 10.1. The summed E-state index contributed by atoms with van der Waals surface area (Å²) in [6.07, 6.45) is 2.70. The highest BCUT2D eigenvalue weighted by molar-refractivity contribution is 5.95. The second-order valence-corrected chi connectivity index (χ2v) is 4.85. The molecule has 114 valence electrons. The molecule has 0 spiro atoms. The van der Waals surface area contributed by atoms with E-state index >= 15 is 0 Å². The van der Waals surface area contributed by atoms with Crippen molar-refractivity contribution >= 4 is 11.6 Å². The third-order valence-corrected chi connectivity index (χ3v) is 3.44. The SMILES string of the molecule is O=C(NCC[C@H]1CCCN1)c1c(F)ccc([N+](=O)[O-])c1F. The molecule has 1 amide bonds. The monoisotopic (exact) mass is 299 g/mol. The van der Waals surface area contributed by atoms with Crippen molar-refractivity contribution in [3.63, 3.8) is 0 Å². The third kappa shape index (κ3) is 3.52. The summed E-state index contributed by atoms with van der Waals surface area (Å²) in [5.74, 6) is -3.54. The van der Waals surface area contributed by atoms with Gasteiger partial charge in [0.2, 0.25) is 5.82 Å². The van der Waals surface area contributed by atoms with E-state index in [4.69, 9.17) is 0 Å². The normalized spacial score (nSPS) is 17.7. The van der Waals surface area contributed by atoms with Crippen LogP contribution in [0.3, 0.4) is 0 Å². The van der Waals surface area contributed by atoms with Crippen LogP contribution in [0.4, 0.5) is 14.5 Å². The predicted octanol–water partition coefficient (Wildman–Crippen LogP) is 1.74. The van der Waals surface area contributed by atoms with Crippen LogP contribution in [0, 0.1) is 21.7 Å². The second-order valence-electron chi connectivity index (χ2n) is 4.85. The summed E-state index contributed by atoms with van der Waals surface area (Å²) in [7, 11) is 0. The number of nitro benzene ring substituents is 1. The molecule has 0 saturated carbocycles. The molecule has 6 nitrogen and oxygen atoms in total. The average molecular weight is 299 g/mol. The Balaban J connectivity index is 2.04. The molecule has 1 aliphatic rings. The van der Waals surface area contributed by atoms with Crippen LogP contribution in [0.2, 0.25) is 0 Å². The van der Waals surface area contributed by atoms with Gasteiger partial charge in [-0.3, -0.25) is 14.9 Å². The van der Waals surface area contributed by atoms with Gasteiger partial charge < -0.3 is 10.6 Å². The fourth-order valence-electron chi connectivity index (χ4n) is 2.34. The molecule has 0 radical (unpaired) electrons. The average Bonchev–Trinajstić information content (AvgIpc) is 2.91. The molecule has 2 rings (SSSR count). The van der Waals surface area contributed by atoms with Crippen molar-refractivity contribution in [3.8, 4) is 0 Å². The van der Waals surface area contributed by atoms with Crippen LogP contribution in [-0.2, 0) is 0 Å². The van der Waals surface area contributed by atoms with Crippen LogP contribution in [-0.4, -0.2) is 30.0 Å². The van der Waals surface area contributed by atoms with E-state index in [9.17, 15) is 23.7 Å². The number of halogens is 2. The Hall–Kier alpha value is -2.09. The molecule has 0 aromatic heterocycles. The number of nitro groups is 1. The summed E-state index contributed by atoms with van der Waals surface area (Å²) in [6, 6.07) is 1.70. The highest BCUT2D eigenvalue weighted by Gasteiger charge is 2.26. The molecule has 21 heavy (non-hydrogen) atoms. The van der Waals surface area contributed by atoms with Crippen molar-refractivity contribution in [1.29, 1.82) is 0 Å². The molecule has 8 heteroatoms. The predicted molar refractivity (Wildman–Crippen MR) is 71.0 cm³/mol. The van der Waals surface area contributed by atoms with Crippen molar-refractivity contribution in [3.05, 3.63) is 39.4 Å². The van der Waals surface area contributed by atoms with Crippen molar-refractivity contribution in [2.45, 2.75) is 25.3 Å². The van der Waals surface area contributed by atoms with Gasteiger partial charge in [-0.15, -0.1) is 0 Å². The van der Waals surface area contributed by atoms with Gasteiger partial charge in [-0.2, -0.15) is 4.39 Å². The Morgan fingerprint density at radius 1 is 1.48 bits per heavy atom. The van der Waals surface area contributed by atoms with E-state index in [0.29, 0.717) is 18.6 Å². The quantitative estimate of drug-likeness (QED) is 0.641. The Labute approximate surface area is 119 Å². The number of carbonyl (C=O) groups is 1. The summed E-state index contributed by atoms with van der Waals surface area (Å²) in [4.78, 5) is 21.4. The minimum Gasteiger partial charge on any atom is -0.352 e. The van der Waals surface area contributed by atoms with E-state index in [1.54, 1.807) is 0 Å². The number of nitrogens with zero attached hydrogens (tertiary/aromatic N) is 1. The van der Waals surface area contributed by atoms with Gasteiger partial charge in [0.1, 0.15) is 11.4 Å². The van der Waals surface area contributed by atoms with E-state index < -0.39 is 33.7 Å². The number of carbonyl (C=O) groups excluding carboxylic acids is 1. The molecule has 2 N–H and O–H groups in total. The molecule has 0 aliphatic carbocycles. The molecule has 1 atom stereocenters. The minimum atomic E-state index is -1.45. The zero-order valence-corrected chi connectivity index (χ0v) is 11.2. The van der Waals surface area contributed by atoms with Gasteiger partial charge in [0.25, 0.3) is 5.91 Å². The highest BCUT2D eigenvalue weighted by atomic mass is 19.1. The van der Waals surface area contributed by atoms with Crippen molar-refractivity contribution < 1.29 is 18.5 Å². The Kier molecular flexibility index (Phi) is 4.79. The lowest BCUT2D eigenvalue weighted by molar-refractivity contribution is -0.387. The summed E-state index contributed by atoms with van der Waals surface area (Å²) >= 11 is 0. The van der Waals surface area contributed by atoms with Gasteiger partial charge in [-0.25, -0.2) is 4.39 Å². The summed E-state index contributed by atoms with van der Waals surface area (Å²) in [5, 5.41) is 16.2. The third-order valence-electron chi connectivity index (χ3n) is 3.44. The maximum absolute atomic E-state index is 13.8. The molecular formula is C13H15F2N3O3. The van der Waals surface area contributed by atoms with Gasteiger partial charge in [0.05, 0.1) is 4.92 Å². The fourth-order valence-corrected chi connectivity index (χ4v) is 2.34. The van der Waals surface area contributed by atoms with Crippen LogP contribution in [0.15, 0.2) is 12.1 Å². The Bertz CT molecular complexity index is 560. The number of amides is 1. The largest absolute Gasteiger partial charge is 0.352 e. The standard InChI is InChI=1S/C13H15F2N3O3/c14-9-3-4-10(18(20)21)12(15)11(9)13(19)17-7-5-8-2-1-6-16-8/h3-4,8,16H,1-2,5-7H2,(H,17,19)/t8-/m1/s1. The lowest BCUT2D eigenvalue weighted by Gasteiger charge is -2.11. The van der Waals surface area contributed by atoms with Gasteiger partial charge in [-0.1, -0.05) is 0 Å². The van der Waals surface area contributed by atoms with Gasteiger partial charge >= 0.3 is 5.69 Å². The fraction of sp³-hybridized carbons (Fsp3) is 0.462. The molecule has 1 aliphatic heterocycles. The highest BCUT2D eigenvalue weighted by Crippen LogP contribution is 2.23. The topological polar surface area (TPSA) is 84.3 Å². The first-order valence-corrected chi connectivity index (χ1v) is 6.64. The number of hydrogen-bond donors (Lipinski definition) is 2. The van der Waals surface area contributed by atoms with Crippen LogP contribution < -0.4 is 10.6 Å². The van der Waals surface area contributed by atoms with Gasteiger partial charge in [-0.05, 0) is 31.9 Å².